The molecule has 1 saturated heterocycles. The highest BCUT2D eigenvalue weighted by Gasteiger charge is 2.28. The van der Waals surface area contributed by atoms with Gasteiger partial charge in [0.15, 0.2) is 0 Å². The number of nitrogens with zero attached hydrogens (tertiary/aromatic N) is 4. The maximum absolute atomic E-state index is 12.2. The fraction of sp³-hybridized carbons (Fsp3) is 0.185. The van der Waals surface area contributed by atoms with Crippen molar-refractivity contribution in [2.24, 2.45) is 0 Å². The van der Waals surface area contributed by atoms with Crippen LogP contribution in [0.25, 0.3) is 33.4 Å². The molecule has 1 N–H and O–H groups in total. The van der Waals surface area contributed by atoms with Gasteiger partial charge in [0.1, 0.15) is 12.4 Å². The van der Waals surface area contributed by atoms with E-state index in [2.05, 4.69) is 27.6 Å². The lowest BCUT2D eigenvalue weighted by Crippen LogP contribution is -2.38. The number of pyridine rings is 2. The minimum Gasteiger partial charge on any atom is -0.489 e. The topological polar surface area (TPSA) is 94.9 Å². The number of H-pyrrole nitrogens is 1. The van der Waals surface area contributed by atoms with E-state index in [-0.39, 0.29) is 11.9 Å². The van der Waals surface area contributed by atoms with Crippen molar-refractivity contribution in [1.29, 1.82) is 5.26 Å². The predicted molar refractivity (Wildman–Crippen MR) is 130 cm³/mol. The first kappa shape index (κ1) is 21.4. The molecular formula is C27H23N5O2. The highest BCUT2D eigenvalue weighted by atomic mass is 16.5. The zero-order valence-corrected chi connectivity index (χ0v) is 18.6. The standard InChI is InChI=1S/C27H23N5O2/c1-2-24(33)32-13-5-8-20(32)17-34-23-16-29-12-10-21(23)26-25(19-7-3-6-18(14-19)15-28)27-22(31-26)9-4-11-30-27/h2-4,6-7,9-12,14,16,20,31H,1,5,8,13,17H2/t20-/m0/s1. The number of aromatic nitrogens is 3. The van der Waals surface area contributed by atoms with E-state index in [0.717, 1.165) is 46.3 Å². The molecule has 7 nitrogen and oxygen atoms in total. The summed E-state index contributed by atoms with van der Waals surface area (Å²) in [6.45, 7) is 4.70. The first-order valence-electron chi connectivity index (χ1n) is 11.2. The van der Waals surface area contributed by atoms with Crippen molar-refractivity contribution in [3.05, 3.63) is 79.3 Å². The number of hydrogen-bond donors (Lipinski definition) is 1. The van der Waals surface area contributed by atoms with Gasteiger partial charge in [-0.3, -0.25) is 14.8 Å². The third kappa shape index (κ3) is 3.90. The minimum atomic E-state index is -0.0705. The number of carbonyl (C=O) groups excluding carboxylic acids is 1. The van der Waals surface area contributed by atoms with Crippen LogP contribution >= 0.6 is 0 Å². The van der Waals surface area contributed by atoms with Gasteiger partial charge in [0.25, 0.3) is 0 Å². The van der Waals surface area contributed by atoms with Crippen molar-refractivity contribution in [3.8, 4) is 34.2 Å². The Balaban J connectivity index is 1.56. The fourth-order valence-corrected chi connectivity index (χ4v) is 4.55. The van der Waals surface area contributed by atoms with Gasteiger partial charge in [-0.2, -0.15) is 5.26 Å². The summed E-state index contributed by atoms with van der Waals surface area (Å²) in [5.74, 6) is 0.545. The molecule has 5 rings (SSSR count). The van der Waals surface area contributed by atoms with Gasteiger partial charge in [0, 0.05) is 30.1 Å². The third-order valence-corrected chi connectivity index (χ3v) is 6.15. The molecule has 4 aromatic rings. The van der Waals surface area contributed by atoms with Gasteiger partial charge in [0.2, 0.25) is 5.91 Å². The van der Waals surface area contributed by atoms with E-state index in [1.807, 2.05) is 41.3 Å². The highest BCUT2D eigenvalue weighted by molar-refractivity contribution is 6.02. The first-order chi connectivity index (χ1) is 16.7. The van der Waals surface area contributed by atoms with E-state index in [4.69, 9.17) is 4.74 Å². The van der Waals surface area contributed by atoms with Crippen molar-refractivity contribution >= 4 is 16.9 Å². The van der Waals surface area contributed by atoms with Crippen molar-refractivity contribution < 1.29 is 9.53 Å². The molecule has 1 aromatic carbocycles. The molecule has 0 bridgehead atoms. The summed E-state index contributed by atoms with van der Waals surface area (Å²) >= 11 is 0. The second-order valence-corrected chi connectivity index (χ2v) is 8.18. The molecule has 34 heavy (non-hydrogen) atoms. The van der Waals surface area contributed by atoms with Gasteiger partial charge in [-0.25, -0.2) is 0 Å². The summed E-state index contributed by atoms with van der Waals surface area (Å²) in [7, 11) is 0. The van der Waals surface area contributed by atoms with E-state index >= 15 is 0 Å². The smallest absolute Gasteiger partial charge is 0.246 e. The molecule has 7 heteroatoms. The number of ether oxygens (including phenoxy) is 1. The number of rotatable bonds is 6. The molecule has 1 fully saturated rings. The van der Waals surface area contributed by atoms with Crippen LogP contribution < -0.4 is 4.74 Å². The van der Waals surface area contributed by atoms with Crippen LogP contribution in [0.2, 0.25) is 0 Å². The third-order valence-electron chi connectivity index (χ3n) is 6.15. The molecule has 4 heterocycles. The number of benzene rings is 1. The Kier molecular flexibility index (Phi) is 5.79. The van der Waals surface area contributed by atoms with E-state index in [9.17, 15) is 10.1 Å². The van der Waals surface area contributed by atoms with Gasteiger partial charge < -0.3 is 14.6 Å². The molecule has 0 unspecified atom stereocenters. The maximum Gasteiger partial charge on any atom is 0.246 e. The van der Waals surface area contributed by atoms with Crippen molar-refractivity contribution in [1.82, 2.24) is 19.9 Å². The van der Waals surface area contributed by atoms with Crippen LogP contribution in [0.4, 0.5) is 0 Å². The molecule has 1 amide bonds. The number of hydrogen-bond acceptors (Lipinski definition) is 5. The Morgan fingerprint density at radius 3 is 3.06 bits per heavy atom. The van der Waals surface area contributed by atoms with Crippen molar-refractivity contribution in [2.75, 3.05) is 13.2 Å². The first-order valence-corrected chi connectivity index (χ1v) is 11.2. The summed E-state index contributed by atoms with van der Waals surface area (Å²) in [4.78, 5) is 26.4. The summed E-state index contributed by atoms with van der Waals surface area (Å²) < 4.78 is 6.25. The highest BCUT2D eigenvalue weighted by Crippen LogP contribution is 2.40. The number of aromatic amines is 1. The fourth-order valence-electron chi connectivity index (χ4n) is 4.55. The summed E-state index contributed by atoms with van der Waals surface area (Å²) in [6, 6.07) is 15.5. The summed E-state index contributed by atoms with van der Waals surface area (Å²) in [6.07, 6.45) is 8.36. The SMILES string of the molecule is C=CC(=O)N1CCC[C@H]1COc1cnccc1-c1[nH]c2cccnc2c1-c1cccc(C#N)c1. The van der Waals surface area contributed by atoms with Gasteiger partial charge in [-0.1, -0.05) is 18.7 Å². The normalized spacial score (nSPS) is 15.3. The minimum absolute atomic E-state index is 0.00489. The molecule has 0 spiro atoms. The van der Waals surface area contributed by atoms with Gasteiger partial charge >= 0.3 is 0 Å². The number of nitrogens with one attached hydrogen (secondary N) is 1. The average Bonchev–Trinajstić information content (AvgIpc) is 3.52. The largest absolute Gasteiger partial charge is 0.489 e. The molecule has 1 aliphatic rings. The van der Waals surface area contributed by atoms with Gasteiger partial charge in [-0.05, 0) is 54.8 Å². The molecular weight excluding hydrogens is 426 g/mol. The zero-order chi connectivity index (χ0) is 23.5. The Morgan fingerprint density at radius 1 is 1.29 bits per heavy atom. The van der Waals surface area contributed by atoms with E-state index in [1.165, 1.54) is 6.08 Å². The Morgan fingerprint density at radius 2 is 2.21 bits per heavy atom. The number of nitriles is 1. The molecule has 0 radical (unpaired) electrons. The number of carbonyl (C=O) groups is 1. The van der Waals surface area contributed by atoms with Crippen LogP contribution in [0.1, 0.15) is 18.4 Å². The van der Waals surface area contributed by atoms with Crippen LogP contribution in [-0.4, -0.2) is 45.0 Å². The lowest BCUT2D eigenvalue weighted by molar-refractivity contribution is -0.127. The quantitative estimate of drug-likeness (QED) is 0.430. The molecule has 3 aromatic heterocycles. The summed E-state index contributed by atoms with van der Waals surface area (Å²) in [5.41, 5.74) is 5.74. The predicted octanol–water partition coefficient (Wildman–Crippen LogP) is 4.72. The summed E-state index contributed by atoms with van der Waals surface area (Å²) in [5, 5.41) is 9.42. The molecule has 1 atom stereocenters. The van der Waals surface area contributed by atoms with Crippen LogP contribution in [0.15, 0.2) is 73.7 Å². The van der Waals surface area contributed by atoms with E-state index in [1.54, 1.807) is 24.7 Å². The Hall–Kier alpha value is -4.44. The van der Waals surface area contributed by atoms with Crippen LogP contribution in [0.3, 0.4) is 0 Å². The molecule has 1 aliphatic heterocycles. The average molecular weight is 450 g/mol. The van der Waals surface area contributed by atoms with E-state index in [0.29, 0.717) is 24.5 Å². The second kappa shape index (κ2) is 9.20. The monoisotopic (exact) mass is 449 g/mol. The maximum atomic E-state index is 12.2. The lowest BCUT2D eigenvalue weighted by atomic mass is 9.99. The lowest BCUT2D eigenvalue weighted by Gasteiger charge is -2.24. The van der Waals surface area contributed by atoms with Crippen LogP contribution in [-0.2, 0) is 4.79 Å². The zero-order valence-electron chi connectivity index (χ0n) is 18.6. The van der Waals surface area contributed by atoms with Crippen LogP contribution in [0.5, 0.6) is 5.75 Å². The number of amides is 1. The second-order valence-electron chi connectivity index (χ2n) is 8.18. The van der Waals surface area contributed by atoms with Crippen LogP contribution in [0, 0.1) is 11.3 Å². The molecule has 0 saturated carbocycles. The van der Waals surface area contributed by atoms with E-state index < -0.39 is 0 Å². The molecule has 168 valence electrons. The number of likely N-dealkylation sites (tertiary alicyclic amines) is 1. The van der Waals surface area contributed by atoms with Crippen molar-refractivity contribution in [2.45, 2.75) is 18.9 Å². The van der Waals surface area contributed by atoms with Gasteiger partial charge in [0.05, 0.1) is 40.6 Å². The Labute approximate surface area is 197 Å². The Bertz CT molecular complexity index is 1420. The van der Waals surface area contributed by atoms with Gasteiger partial charge in [-0.15, -0.1) is 0 Å². The molecule has 0 aliphatic carbocycles. The number of fused-ring (bicyclic) bond motifs is 1. The van der Waals surface area contributed by atoms with Crippen molar-refractivity contribution in [3.63, 3.8) is 0 Å².